The van der Waals surface area contributed by atoms with Crippen molar-refractivity contribution in [2.24, 2.45) is 0 Å². The lowest BCUT2D eigenvalue weighted by Gasteiger charge is -2.10. The topological polar surface area (TPSA) is 76.1 Å². The maximum absolute atomic E-state index is 11.8. The van der Waals surface area contributed by atoms with Gasteiger partial charge in [-0.15, -0.1) is 11.3 Å². The Bertz CT molecular complexity index is 768. The number of nitrogens with zero attached hydrogens (tertiary/aromatic N) is 1. The number of thiazole rings is 1. The molecule has 1 aromatic carbocycles. The monoisotopic (exact) mass is 370 g/mol. The summed E-state index contributed by atoms with van der Waals surface area (Å²) < 4.78 is 24.9. The van der Waals surface area contributed by atoms with Crippen molar-refractivity contribution in [2.45, 2.75) is 29.6 Å². The molecule has 8 heteroatoms. The molecule has 0 saturated carbocycles. The van der Waals surface area contributed by atoms with Gasteiger partial charge in [0.2, 0.25) is 5.91 Å². The van der Waals surface area contributed by atoms with Crippen LogP contribution in [-0.4, -0.2) is 42.6 Å². The first-order valence-electron chi connectivity index (χ1n) is 7.50. The van der Waals surface area contributed by atoms with E-state index in [1.54, 1.807) is 23.1 Å². The summed E-state index contributed by atoms with van der Waals surface area (Å²) in [4.78, 5) is 16.4. The fourth-order valence-corrected chi connectivity index (χ4v) is 6.27. The number of benzene rings is 1. The Kier molecular flexibility index (Phi) is 5.23. The smallest absolute Gasteiger partial charge is 0.220 e. The van der Waals surface area contributed by atoms with E-state index in [0.29, 0.717) is 12.8 Å². The fourth-order valence-electron chi connectivity index (χ4n) is 2.51. The van der Waals surface area contributed by atoms with Gasteiger partial charge in [-0.3, -0.25) is 4.79 Å². The van der Waals surface area contributed by atoms with Crippen LogP contribution in [0.4, 0.5) is 0 Å². The first kappa shape index (κ1) is 16.7. The molecular formula is C15H18N2O3S3. The molecule has 5 nitrogen and oxygen atoms in total. The highest BCUT2D eigenvalue weighted by Gasteiger charge is 2.28. The summed E-state index contributed by atoms with van der Waals surface area (Å²) in [5, 5.41) is 2.81. The van der Waals surface area contributed by atoms with E-state index in [4.69, 9.17) is 0 Å². The van der Waals surface area contributed by atoms with Gasteiger partial charge in [-0.2, -0.15) is 0 Å². The molecule has 1 atom stereocenters. The number of fused-ring (bicyclic) bond motifs is 1. The average molecular weight is 371 g/mol. The van der Waals surface area contributed by atoms with Crippen LogP contribution in [0.25, 0.3) is 10.2 Å². The summed E-state index contributed by atoms with van der Waals surface area (Å²) in [5.74, 6) is 1.04. The van der Waals surface area contributed by atoms with Crippen molar-refractivity contribution in [1.29, 1.82) is 0 Å². The highest BCUT2D eigenvalue weighted by molar-refractivity contribution is 8.01. The number of carbonyl (C=O) groups is 1. The lowest BCUT2D eigenvalue weighted by Crippen LogP contribution is -2.35. The molecule has 0 aliphatic carbocycles. The summed E-state index contributed by atoms with van der Waals surface area (Å²) in [5.41, 5.74) is 1.01. The molecule has 1 aromatic heterocycles. The standard InChI is InChI=1S/C15H18N2O3S3/c18-14(16-11-7-9-23(19,20)10-11)6-3-8-21-15-17-12-4-1-2-5-13(12)22-15/h1-2,4-5,11H,3,6-10H2,(H,16,18)/t11-/m1/s1. The largest absolute Gasteiger partial charge is 0.352 e. The molecule has 3 rings (SSSR count). The molecular weight excluding hydrogens is 352 g/mol. The zero-order valence-corrected chi connectivity index (χ0v) is 15.0. The predicted octanol–water partition coefficient (Wildman–Crippen LogP) is 2.47. The minimum Gasteiger partial charge on any atom is -0.352 e. The molecule has 124 valence electrons. The van der Waals surface area contributed by atoms with Crippen LogP contribution < -0.4 is 5.32 Å². The van der Waals surface area contributed by atoms with Crippen molar-refractivity contribution in [3.63, 3.8) is 0 Å². The zero-order valence-electron chi connectivity index (χ0n) is 12.5. The van der Waals surface area contributed by atoms with E-state index in [-0.39, 0.29) is 23.5 Å². The molecule has 23 heavy (non-hydrogen) atoms. The normalized spacial score (nSPS) is 19.9. The van der Waals surface area contributed by atoms with E-state index in [1.165, 1.54) is 4.70 Å². The summed E-state index contributed by atoms with van der Waals surface area (Å²) in [6.07, 6.45) is 1.72. The highest BCUT2D eigenvalue weighted by Crippen LogP contribution is 2.29. The quantitative estimate of drug-likeness (QED) is 0.624. The van der Waals surface area contributed by atoms with Crippen molar-refractivity contribution in [1.82, 2.24) is 10.3 Å². The summed E-state index contributed by atoms with van der Waals surface area (Å²) in [6, 6.07) is 7.83. The Labute approximate surface area is 143 Å². The summed E-state index contributed by atoms with van der Waals surface area (Å²) >= 11 is 3.33. The van der Waals surface area contributed by atoms with Gasteiger partial charge >= 0.3 is 0 Å². The molecule has 1 saturated heterocycles. The minimum atomic E-state index is -2.94. The molecule has 0 unspecified atom stereocenters. The molecule has 1 aliphatic rings. The molecule has 0 bridgehead atoms. The molecule has 1 amide bonds. The number of sulfone groups is 1. The second-order valence-corrected chi connectivity index (χ2v) is 10.2. The Morgan fingerprint density at radius 2 is 2.22 bits per heavy atom. The third kappa shape index (κ3) is 4.68. The van der Waals surface area contributed by atoms with Gasteiger partial charge in [-0.05, 0) is 25.0 Å². The molecule has 1 aliphatic heterocycles. The highest BCUT2D eigenvalue weighted by atomic mass is 32.2. The summed E-state index contributed by atoms with van der Waals surface area (Å²) in [7, 11) is -2.94. The molecule has 2 aromatic rings. The Morgan fingerprint density at radius 1 is 1.39 bits per heavy atom. The van der Waals surface area contributed by atoms with Gasteiger partial charge in [0.25, 0.3) is 0 Å². The maximum Gasteiger partial charge on any atom is 0.220 e. The van der Waals surface area contributed by atoms with Gasteiger partial charge in [0.1, 0.15) is 0 Å². The Balaban J connectivity index is 1.38. The number of hydrogen-bond acceptors (Lipinski definition) is 6. The number of rotatable bonds is 6. The van der Waals surface area contributed by atoms with Crippen LogP contribution in [0.5, 0.6) is 0 Å². The molecule has 2 heterocycles. The van der Waals surface area contributed by atoms with Crippen LogP contribution in [0.15, 0.2) is 28.6 Å². The third-order valence-electron chi connectivity index (χ3n) is 3.65. The first-order chi connectivity index (χ1) is 11.0. The molecule has 1 fully saturated rings. The number of para-hydroxylation sites is 1. The second kappa shape index (κ2) is 7.19. The third-order valence-corrected chi connectivity index (χ3v) is 7.68. The van der Waals surface area contributed by atoms with Crippen LogP contribution in [0.2, 0.25) is 0 Å². The molecule has 0 spiro atoms. The maximum atomic E-state index is 11.8. The number of nitrogens with one attached hydrogen (secondary N) is 1. The Hall–Kier alpha value is -1.12. The number of thioether (sulfide) groups is 1. The SMILES string of the molecule is O=C(CCCSc1nc2ccccc2s1)N[C@@H]1CCS(=O)(=O)C1. The predicted molar refractivity (Wildman–Crippen MR) is 94.8 cm³/mol. The minimum absolute atomic E-state index is 0.0583. The lowest BCUT2D eigenvalue weighted by atomic mass is 10.2. The van der Waals surface area contributed by atoms with Crippen LogP contribution in [0.3, 0.4) is 0 Å². The Morgan fingerprint density at radius 3 is 2.96 bits per heavy atom. The van der Waals surface area contributed by atoms with Crippen LogP contribution >= 0.6 is 23.1 Å². The van der Waals surface area contributed by atoms with Gasteiger partial charge in [-0.1, -0.05) is 23.9 Å². The number of aromatic nitrogens is 1. The average Bonchev–Trinajstić information content (AvgIpc) is 3.06. The fraction of sp³-hybridized carbons (Fsp3) is 0.467. The van der Waals surface area contributed by atoms with Crippen LogP contribution in [-0.2, 0) is 14.6 Å². The first-order valence-corrected chi connectivity index (χ1v) is 11.1. The van der Waals surface area contributed by atoms with Crippen molar-refractivity contribution in [3.8, 4) is 0 Å². The zero-order chi connectivity index (χ0) is 16.3. The van der Waals surface area contributed by atoms with E-state index in [0.717, 1.165) is 22.0 Å². The van der Waals surface area contributed by atoms with Crippen LogP contribution in [0.1, 0.15) is 19.3 Å². The van der Waals surface area contributed by atoms with Gasteiger partial charge in [0.05, 0.1) is 21.7 Å². The van der Waals surface area contributed by atoms with Crippen molar-refractivity contribution in [3.05, 3.63) is 24.3 Å². The number of amides is 1. The number of carbonyl (C=O) groups excluding carboxylic acids is 1. The van der Waals surface area contributed by atoms with Gasteiger partial charge < -0.3 is 5.32 Å². The van der Waals surface area contributed by atoms with E-state index in [9.17, 15) is 13.2 Å². The van der Waals surface area contributed by atoms with E-state index in [2.05, 4.69) is 16.4 Å². The van der Waals surface area contributed by atoms with E-state index >= 15 is 0 Å². The molecule has 0 radical (unpaired) electrons. The molecule has 1 N–H and O–H groups in total. The van der Waals surface area contributed by atoms with Crippen molar-refractivity contribution in [2.75, 3.05) is 17.3 Å². The van der Waals surface area contributed by atoms with Gasteiger partial charge in [0.15, 0.2) is 14.2 Å². The van der Waals surface area contributed by atoms with Gasteiger partial charge in [-0.25, -0.2) is 13.4 Å². The van der Waals surface area contributed by atoms with Crippen molar-refractivity contribution >= 4 is 49.1 Å². The van der Waals surface area contributed by atoms with E-state index < -0.39 is 9.84 Å². The van der Waals surface area contributed by atoms with Crippen LogP contribution in [0, 0.1) is 0 Å². The van der Waals surface area contributed by atoms with Crippen molar-refractivity contribution < 1.29 is 13.2 Å². The second-order valence-electron chi connectivity index (χ2n) is 5.57. The lowest BCUT2D eigenvalue weighted by molar-refractivity contribution is -0.121. The van der Waals surface area contributed by atoms with E-state index in [1.807, 2.05) is 18.2 Å². The summed E-state index contributed by atoms with van der Waals surface area (Å²) in [6.45, 7) is 0. The van der Waals surface area contributed by atoms with Gasteiger partial charge in [0, 0.05) is 18.2 Å². The number of hydrogen-bond donors (Lipinski definition) is 1.